The number of aromatic nitrogens is 3. The van der Waals surface area contributed by atoms with Gasteiger partial charge in [-0.15, -0.1) is 0 Å². The quantitative estimate of drug-likeness (QED) is 0.783. The summed E-state index contributed by atoms with van der Waals surface area (Å²) in [6.45, 7) is 1.49. The van der Waals surface area contributed by atoms with Gasteiger partial charge in [-0.2, -0.15) is 0 Å². The lowest BCUT2D eigenvalue weighted by Crippen LogP contribution is -2.14. The molecule has 0 saturated heterocycles. The van der Waals surface area contributed by atoms with Crippen molar-refractivity contribution in [3.8, 4) is 0 Å². The molecule has 0 aliphatic carbocycles. The number of nitrogens with one attached hydrogen (secondary N) is 1. The minimum absolute atomic E-state index is 0.726. The van der Waals surface area contributed by atoms with Crippen LogP contribution in [-0.2, 0) is 13.1 Å². The predicted molar refractivity (Wildman–Crippen MR) is 82.7 cm³/mol. The molecule has 0 amide bonds. The number of halogens is 2. The molecule has 4 nitrogen and oxygen atoms in total. The number of benzene rings is 1. The summed E-state index contributed by atoms with van der Waals surface area (Å²) in [4.78, 5) is 8.47. The molecule has 0 aliphatic heterocycles. The zero-order valence-electron chi connectivity index (χ0n) is 10.6. The minimum Gasteiger partial charge on any atom is -0.307 e. The Labute approximate surface area is 129 Å². The SMILES string of the molecule is Clc1cccc(CNCc2cnc3cnc(Br)cn23)c1. The lowest BCUT2D eigenvalue weighted by Gasteiger charge is -2.05. The second-order valence-corrected chi connectivity index (χ2v) is 5.67. The molecule has 102 valence electrons. The van der Waals surface area contributed by atoms with Crippen molar-refractivity contribution in [2.24, 2.45) is 0 Å². The van der Waals surface area contributed by atoms with Crippen molar-refractivity contribution < 1.29 is 0 Å². The van der Waals surface area contributed by atoms with Crippen molar-refractivity contribution in [1.29, 1.82) is 0 Å². The molecule has 3 rings (SSSR count). The van der Waals surface area contributed by atoms with Crippen molar-refractivity contribution >= 4 is 33.2 Å². The average Bonchev–Trinajstić information content (AvgIpc) is 2.82. The third kappa shape index (κ3) is 3.00. The molecule has 2 heterocycles. The summed E-state index contributed by atoms with van der Waals surface area (Å²) < 4.78 is 2.81. The van der Waals surface area contributed by atoms with Gasteiger partial charge in [0.15, 0.2) is 5.65 Å². The molecule has 3 aromatic rings. The Hall–Kier alpha value is -1.43. The normalized spacial score (nSPS) is 11.1. The fourth-order valence-corrected chi connectivity index (χ4v) is 2.55. The monoisotopic (exact) mass is 350 g/mol. The van der Waals surface area contributed by atoms with Crippen molar-refractivity contribution in [2.45, 2.75) is 13.1 Å². The van der Waals surface area contributed by atoms with Gasteiger partial charge in [0.1, 0.15) is 4.60 Å². The molecule has 0 unspecified atom stereocenters. The second-order valence-electron chi connectivity index (χ2n) is 4.42. The van der Waals surface area contributed by atoms with Crippen LogP contribution in [0.15, 0.2) is 47.5 Å². The number of hydrogen-bond acceptors (Lipinski definition) is 3. The maximum Gasteiger partial charge on any atom is 0.155 e. The zero-order chi connectivity index (χ0) is 13.9. The molecule has 0 saturated carbocycles. The van der Waals surface area contributed by atoms with E-state index in [0.29, 0.717) is 0 Å². The third-order valence-corrected chi connectivity index (χ3v) is 3.61. The van der Waals surface area contributed by atoms with Crippen molar-refractivity contribution in [3.63, 3.8) is 0 Å². The van der Waals surface area contributed by atoms with Gasteiger partial charge < -0.3 is 5.32 Å². The van der Waals surface area contributed by atoms with Crippen LogP contribution in [-0.4, -0.2) is 14.4 Å². The number of imidazole rings is 1. The van der Waals surface area contributed by atoms with Crippen LogP contribution >= 0.6 is 27.5 Å². The Bertz CT molecular complexity index is 741. The van der Waals surface area contributed by atoms with Crippen LogP contribution in [0.1, 0.15) is 11.3 Å². The zero-order valence-corrected chi connectivity index (χ0v) is 12.9. The van der Waals surface area contributed by atoms with Crippen LogP contribution < -0.4 is 5.32 Å². The Morgan fingerprint density at radius 3 is 2.95 bits per heavy atom. The lowest BCUT2D eigenvalue weighted by atomic mass is 10.2. The van der Waals surface area contributed by atoms with E-state index in [0.717, 1.165) is 39.6 Å². The van der Waals surface area contributed by atoms with Crippen LogP contribution in [0.3, 0.4) is 0 Å². The largest absolute Gasteiger partial charge is 0.307 e. The summed E-state index contributed by atoms with van der Waals surface area (Å²) in [5.41, 5.74) is 3.09. The van der Waals surface area contributed by atoms with E-state index in [1.54, 1.807) is 6.20 Å². The third-order valence-electron chi connectivity index (χ3n) is 2.97. The van der Waals surface area contributed by atoms with E-state index in [-0.39, 0.29) is 0 Å². The molecule has 1 N–H and O–H groups in total. The van der Waals surface area contributed by atoms with Gasteiger partial charge >= 0.3 is 0 Å². The second kappa shape index (κ2) is 5.91. The summed E-state index contributed by atoms with van der Waals surface area (Å²) in [6, 6.07) is 7.84. The number of rotatable bonds is 4. The summed E-state index contributed by atoms with van der Waals surface area (Å²) in [7, 11) is 0. The highest BCUT2D eigenvalue weighted by Crippen LogP contribution is 2.12. The summed E-state index contributed by atoms with van der Waals surface area (Å²) >= 11 is 9.33. The van der Waals surface area contributed by atoms with E-state index in [1.165, 1.54) is 0 Å². The average molecular weight is 352 g/mol. The van der Waals surface area contributed by atoms with Gasteiger partial charge in [0.05, 0.1) is 18.1 Å². The number of hydrogen-bond donors (Lipinski definition) is 1. The van der Waals surface area contributed by atoms with E-state index >= 15 is 0 Å². The Morgan fingerprint density at radius 2 is 2.10 bits per heavy atom. The molecular weight excluding hydrogens is 340 g/mol. The van der Waals surface area contributed by atoms with Gasteiger partial charge in [-0.25, -0.2) is 9.97 Å². The van der Waals surface area contributed by atoms with E-state index in [1.807, 2.05) is 41.1 Å². The Kier molecular flexibility index (Phi) is 4.00. The lowest BCUT2D eigenvalue weighted by molar-refractivity contribution is 0.675. The van der Waals surface area contributed by atoms with Crippen LogP contribution in [0.5, 0.6) is 0 Å². The first kappa shape index (κ1) is 13.5. The summed E-state index contributed by atoms with van der Waals surface area (Å²) in [5.74, 6) is 0. The fraction of sp³-hybridized carbons (Fsp3) is 0.143. The van der Waals surface area contributed by atoms with Gasteiger partial charge in [0, 0.05) is 24.3 Å². The van der Waals surface area contributed by atoms with Gasteiger partial charge in [-0.05, 0) is 33.6 Å². The van der Waals surface area contributed by atoms with Gasteiger partial charge in [-0.3, -0.25) is 4.40 Å². The minimum atomic E-state index is 0.726. The van der Waals surface area contributed by atoms with Crippen LogP contribution in [0.2, 0.25) is 5.02 Å². The van der Waals surface area contributed by atoms with E-state index < -0.39 is 0 Å². The molecular formula is C14H12BrClN4. The van der Waals surface area contributed by atoms with Gasteiger partial charge in [-0.1, -0.05) is 23.7 Å². The molecule has 0 aliphatic rings. The maximum atomic E-state index is 5.96. The standard InChI is InChI=1S/C14H12BrClN4/c15-13-9-20-12(7-19-14(20)8-18-13)6-17-5-10-2-1-3-11(16)4-10/h1-4,7-9,17H,5-6H2. The molecule has 2 aromatic heterocycles. The molecule has 6 heteroatoms. The molecule has 0 radical (unpaired) electrons. The smallest absolute Gasteiger partial charge is 0.155 e. The van der Waals surface area contributed by atoms with Crippen LogP contribution in [0.25, 0.3) is 5.65 Å². The first-order valence-electron chi connectivity index (χ1n) is 6.15. The first-order valence-corrected chi connectivity index (χ1v) is 7.32. The first-order chi connectivity index (χ1) is 9.72. The van der Waals surface area contributed by atoms with Gasteiger partial charge in [0.2, 0.25) is 0 Å². The van der Waals surface area contributed by atoms with Crippen LogP contribution in [0, 0.1) is 0 Å². The van der Waals surface area contributed by atoms with Crippen molar-refractivity contribution in [1.82, 2.24) is 19.7 Å². The molecule has 0 bridgehead atoms. The summed E-state index contributed by atoms with van der Waals surface area (Å²) in [6.07, 6.45) is 5.51. The van der Waals surface area contributed by atoms with E-state index in [2.05, 4.69) is 31.2 Å². The fourth-order valence-electron chi connectivity index (χ4n) is 2.03. The Morgan fingerprint density at radius 1 is 1.20 bits per heavy atom. The molecule has 0 spiro atoms. The molecule has 20 heavy (non-hydrogen) atoms. The van der Waals surface area contributed by atoms with E-state index in [9.17, 15) is 0 Å². The maximum absolute atomic E-state index is 5.96. The number of nitrogens with zero attached hydrogens (tertiary/aromatic N) is 3. The molecule has 1 aromatic carbocycles. The Balaban J connectivity index is 1.69. The van der Waals surface area contributed by atoms with Crippen molar-refractivity contribution in [2.75, 3.05) is 0 Å². The molecule has 0 fully saturated rings. The van der Waals surface area contributed by atoms with Crippen LogP contribution in [0.4, 0.5) is 0 Å². The highest BCUT2D eigenvalue weighted by molar-refractivity contribution is 9.10. The predicted octanol–water partition coefficient (Wildman–Crippen LogP) is 3.44. The van der Waals surface area contributed by atoms with E-state index in [4.69, 9.17) is 11.6 Å². The summed E-state index contributed by atoms with van der Waals surface area (Å²) in [5, 5.41) is 4.15. The highest BCUT2D eigenvalue weighted by atomic mass is 79.9. The topological polar surface area (TPSA) is 42.2 Å². The number of fused-ring (bicyclic) bond motifs is 1. The molecule has 0 atom stereocenters. The van der Waals surface area contributed by atoms with Crippen molar-refractivity contribution in [3.05, 3.63) is 63.7 Å². The highest BCUT2D eigenvalue weighted by Gasteiger charge is 2.04. The van der Waals surface area contributed by atoms with Gasteiger partial charge in [0.25, 0.3) is 0 Å².